The van der Waals surface area contributed by atoms with Crippen LogP contribution in [0.5, 0.6) is 0 Å². The Morgan fingerprint density at radius 3 is 2.30 bits per heavy atom. The smallest absolute Gasteiger partial charge is 0.630 e. The molecule has 0 radical (unpaired) electrons. The van der Waals surface area contributed by atoms with Crippen molar-refractivity contribution in [3.63, 3.8) is 0 Å². The van der Waals surface area contributed by atoms with Crippen LogP contribution in [0.2, 0.25) is 0 Å². The molecule has 0 unspecified atom stereocenters. The van der Waals surface area contributed by atoms with Crippen molar-refractivity contribution < 1.29 is 67.3 Å². The van der Waals surface area contributed by atoms with E-state index in [0.29, 0.717) is 36.8 Å². The fraction of sp³-hybridized carbons (Fsp3) is 0.290. The third kappa shape index (κ3) is 10.1. The molecular weight excluding hydrogens is 807 g/mol. The molecule has 43 heavy (non-hydrogen) atoms. The topological polar surface area (TPSA) is 106 Å². The summed E-state index contributed by atoms with van der Waals surface area (Å²) in [4.78, 5) is 16.0. The molecule has 1 aromatic heterocycles. The van der Waals surface area contributed by atoms with Crippen molar-refractivity contribution in [1.82, 2.24) is 4.98 Å². The number of alkyl halides is 3. The van der Waals surface area contributed by atoms with Crippen molar-refractivity contribution in [2.75, 3.05) is 4.72 Å². The minimum atomic E-state index is -4.64. The SMILES string of the molecule is CCC[C-]1CC(O)=C([C@H](CC)c2cccc(NS(=O)(=O)c3ccc(C(F)(F)F)cn3)c2)C(=O)O1.[CH2-]Cc1ccccc1.[U+2]. The zero-order chi connectivity index (χ0) is 30.9. The van der Waals surface area contributed by atoms with Gasteiger partial charge in [-0.25, -0.2) is 9.78 Å². The summed E-state index contributed by atoms with van der Waals surface area (Å²) >= 11 is 0. The van der Waals surface area contributed by atoms with Gasteiger partial charge < -0.3 is 16.8 Å². The van der Waals surface area contributed by atoms with Crippen LogP contribution >= 0.6 is 0 Å². The molecule has 1 aliphatic heterocycles. The average Bonchev–Trinajstić information content (AvgIpc) is 2.95. The molecule has 0 aliphatic carbocycles. The molecule has 7 nitrogen and oxygen atoms in total. The summed E-state index contributed by atoms with van der Waals surface area (Å²) in [5.41, 5.74) is 1.03. The number of hydrogen-bond donors (Lipinski definition) is 2. The molecule has 12 heteroatoms. The number of esters is 1. The normalized spacial score (nSPS) is 14.6. The third-order valence-corrected chi connectivity index (χ3v) is 7.73. The molecule has 2 N–H and O–H groups in total. The molecular formula is C31H33F3N2O5SU. The molecule has 2 heterocycles. The number of aliphatic hydroxyl groups excluding tert-OH is 1. The van der Waals surface area contributed by atoms with Crippen molar-refractivity contribution in [3.05, 3.63) is 114 Å². The molecule has 1 atom stereocenters. The zero-order valence-electron chi connectivity index (χ0n) is 23.8. The Labute approximate surface area is 274 Å². The Morgan fingerprint density at radius 2 is 1.79 bits per heavy atom. The summed E-state index contributed by atoms with van der Waals surface area (Å²) < 4.78 is 71.1. The number of carbonyl (C=O) groups is 1. The summed E-state index contributed by atoms with van der Waals surface area (Å²) in [6.45, 7) is 7.50. The number of rotatable bonds is 9. The second-order valence-corrected chi connectivity index (χ2v) is 11.2. The number of aliphatic hydroxyl groups is 1. The number of carbonyl (C=O) groups excluding carboxylic acids is 1. The number of nitrogens with one attached hydrogen (secondary N) is 1. The van der Waals surface area contributed by atoms with E-state index in [-0.39, 0.29) is 54.6 Å². The fourth-order valence-electron chi connectivity index (χ4n) is 4.37. The maximum atomic E-state index is 12.7. The first-order valence-corrected chi connectivity index (χ1v) is 14.9. The first-order chi connectivity index (χ1) is 19.9. The quantitative estimate of drug-likeness (QED) is 0.171. The van der Waals surface area contributed by atoms with Gasteiger partial charge in [0.15, 0.2) is 5.03 Å². The van der Waals surface area contributed by atoms with Gasteiger partial charge in [0.25, 0.3) is 10.0 Å². The van der Waals surface area contributed by atoms with Crippen LogP contribution in [0.3, 0.4) is 0 Å². The van der Waals surface area contributed by atoms with Gasteiger partial charge in [-0.15, -0.1) is 12.5 Å². The van der Waals surface area contributed by atoms with Gasteiger partial charge in [0, 0.05) is 17.8 Å². The Bertz CT molecular complexity index is 1480. The van der Waals surface area contributed by atoms with Gasteiger partial charge in [0.05, 0.1) is 16.9 Å². The average molecular weight is 841 g/mol. The Hall–Kier alpha value is -2.81. The van der Waals surface area contributed by atoms with E-state index >= 15 is 0 Å². The van der Waals surface area contributed by atoms with E-state index < -0.39 is 38.7 Å². The number of benzene rings is 2. The number of aromatic nitrogens is 1. The van der Waals surface area contributed by atoms with Gasteiger partial charge in [-0.2, -0.15) is 28.0 Å². The second kappa shape index (κ2) is 16.3. The van der Waals surface area contributed by atoms with Crippen LogP contribution in [-0.2, 0) is 32.2 Å². The van der Waals surface area contributed by atoms with E-state index in [0.717, 1.165) is 18.9 Å². The van der Waals surface area contributed by atoms with Crippen LogP contribution in [0.1, 0.15) is 62.1 Å². The van der Waals surface area contributed by atoms with E-state index in [1.807, 2.05) is 32.0 Å². The van der Waals surface area contributed by atoms with E-state index in [1.165, 1.54) is 17.7 Å². The van der Waals surface area contributed by atoms with Crippen LogP contribution in [0.4, 0.5) is 18.9 Å². The predicted molar refractivity (Wildman–Crippen MR) is 154 cm³/mol. The van der Waals surface area contributed by atoms with Gasteiger partial charge in [-0.1, -0.05) is 74.7 Å². The molecule has 0 amide bonds. The maximum Gasteiger partial charge on any atom is 2.00 e. The van der Waals surface area contributed by atoms with Gasteiger partial charge in [-0.3, -0.25) is 4.72 Å². The van der Waals surface area contributed by atoms with Crippen LogP contribution in [-0.4, -0.2) is 24.5 Å². The Balaban J connectivity index is 0.000000620. The monoisotopic (exact) mass is 840 g/mol. The number of halogens is 3. The minimum absolute atomic E-state index is 0. The second-order valence-electron chi connectivity index (χ2n) is 9.53. The molecule has 0 saturated carbocycles. The summed E-state index contributed by atoms with van der Waals surface area (Å²) in [5, 5.41) is 9.97. The largest absolute Gasteiger partial charge is 2.00 e. The van der Waals surface area contributed by atoms with Gasteiger partial charge in [-0.05, 0) is 36.2 Å². The van der Waals surface area contributed by atoms with Gasteiger partial charge in [0.2, 0.25) is 0 Å². The van der Waals surface area contributed by atoms with Crippen LogP contribution < -0.4 is 4.72 Å². The Kier molecular flexibility index (Phi) is 13.8. The molecule has 0 bridgehead atoms. The third-order valence-electron chi connectivity index (χ3n) is 6.43. The van der Waals surface area contributed by atoms with Crippen LogP contribution in [0, 0.1) is 44.1 Å². The number of hydrogen-bond acceptors (Lipinski definition) is 6. The predicted octanol–water partition coefficient (Wildman–Crippen LogP) is 7.55. The van der Waals surface area contributed by atoms with E-state index in [9.17, 15) is 31.5 Å². The van der Waals surface area contributed by atoms with E-state index in [2.05, 4.69) is 28.8 Å². The number of sulfonamides is 1. The number of pyridine rings is 1. The number of nitrogens with zero attached hydrogens (tertiary/aromatic N) is 1. The summed E-state index contributed by atoms with van der Waals surface area (Å²) in [6, 6.07) is 17.8. The summed E-state index contributed by atoms with van der Waals surface area (Å²) in [6.07, 6.45) is -0.928. The molecule has 1 aliphatic rings. The van der Waals surface area contributed by atoms with Crippen molar-refractivity contribution in [1.29, 1.82) is 0 Å². The van der Waals surface area contributed by atoms with Crippen molar-refractivity contribution in [2.24, 2.45) is 0 Å². The maximum absolute atomic E-state index is 12.7. The first-order valence-electron chi connectivity index (χ1n) is 13.4. The number of cyclic esters (lactones) is 1. The summed E-state index contributed by atoms with van der Waals surface area (Å²) in [5.74, 6) is -1.27. The van der Waals surface area contributed by atoms with E-state index in [1.54, 1.807) is 12.1 Å². The molecule has 0 fully saturated rings. The molecule has 228 valence electrons. The van der Waals surface area contributed by atoms with Gasteiger partial charge in [0.1, 0.15) is 0 Å². The minimum Gasteiger partial charge on any atom is -0.630 e. The van der Waals surface area contributed by atoms with E-state index in [4.69, 9.17) is 4.74 Å². The van der Waals surface area contributed by atoms with Crippen LogP contribution in [0.25, 0.3) is 0 Å². The zero-order valence-corrected chi connectivity index (χ0v) is 28.8. The standard InChI is InChI=1S/C23H24F3N2O5S.C8H9.U/c1-3-6-17-12-19(29)21(22(30)33-17)18(4-2)14-7-5-8-16(11-14)28-34(31,32)20-10-9-15(13-27-20)23(24,25)26;1-2-8-6-4-3-5-7-8;/h5,7-11,13,18,28-29H,3-4,6,12H2,1-2H3;3-7H,1-2H2;/q2*-1;+2/t18-;;/m1../s1. The number of ether oxygens (including phenoxy) is 1. The van der Waals surface area contributed by atoms with Crippen molar-refractivity contribution in [3.8, 4) is 0 Å². The molecule has 0 spiro atoms. The molecule has 2 aromatic carbocycles. The van der Waals surface area contributed by atoms with Gasteiger partial charge >= 0.3 is 43.3 Å². The number of anilines is 1. The van der Waals surface area contributed by atoms with Crippen molar-refractivity contribution in [2.45, 2.75) is 63.1 Å². The van der Waals surface area contributed by atoms with Crippen LogP contribution in [0.15, 0.2) is 89.3 Å². The fourth-order valence-corrected chi connectivity index (χ4v) is 5.35. The van der Waals surface area contributed by atoms with Crippen molar-refractivity contribution >= 4 is 21.7 Å². The summed E-state index contributed by atoms with van der Waals surface area (Å²) in [7, 11) is -4.27. The first kappa shape index (κ1) is 36.4. The molecule has 0 saturated heterocycles. The molecule has 4 rings (SSSR count). The molecule has 3 aromatic rings. The Morgan fingerprint density at radius 1 is 1.09 bits per heavy atom.